The molecule has 3 aromatic carbocycles. The van der Waals surface area contributed by atoms with Gasteiger partial charge in [-0.15, -0.1) is 11.3 Å². The molecule has 1 N–H and O–H groups in total. The van der Waals surface area contributed by atoms with Crippen molar-refractivity contribution >= 4 is 28.7 Å². The maximum atomic E-state index is 12.8. The van der Waals surface area contributed by atoms with Crippen LogP contribution in [0.5, 0.6) is 5.75 Å². The Bertz CT molecular complexity index is 1340. The summed E-state index contributed by atoms with van der Waals surface area (Å²) in [6.45, 7) is 3.76. The maximum Gasteiger partial charge on any atom is 0.255 e. The van der Waals surface area contributed by atoms with Crippen LogP contribution in [0.1, 0.15) is 41.0 Å². The molecule has 0 aliphatic carbocycles. The van der Waals surface area contributed by atoms with E-state index in [9.17, 15) is 9.59 Å². The van der Waals surface area contributed by atoms with Gasteiger partial charge in [0.05, 0.1) is 17.7 Å². The number of ether oxygens (including phenoxy) is 1. The molecule has 1 amide bonds. The highest BCUT2D eigenvalue weighted by atomic mass is 32.1. The minimum absolute atomic E-state index is 0.0154. The molecule has 33 heavy (non-hydrogen) atoms. The Morgan fingerprint density at radius 3 is 2.52 bits per heavy atom. The number of Topliss-reactive ketones (excluding diaryl/α,β-unsaturated/α-hetero) is 1. The molecule has 5 rings (SSSR count). The average molecular weight is 455 g/mol. The number of carbonyl (C=O) groups excluding carboxylic acids is 2. The van der Waals surface area contributed by atoms with Crippen LogP contribution < -0.4 is 10.1 Å². The number of ketones is 1. The molecule has 0 unspecified atom stereocenters. The Morgan fingerprint density at radius 2 is 1.76 bits per heavy atom. The van der Waals surface area contributed by atoms with Gasteiger partial charge in [0.15, 0.2) is 5.78 Å². The first-order valence-corrected chi connectivity index (χ1v) is 11.5. The van der Waals surface area contributed by atoms with Crippen LogP contribution in [0.2, 0.25) is 0 Å². The van der Waals surface area contributed by atoms with Crippen LogP contribution in [0.25, 0.3) is 21.8 Å². The predicted molar refractivity (Wildman–Crippen MR) is 131 cm³/mol. The topological polar surface area (TPSA) is 68.3 Å². The molecule has 1 aromatic heterocycles. The van der Waals surface area contributed by atoms with E-state index in [0.29, 0.717) is 22.6 Å². The van der Waals surface area contributed by atoms with E-state index in [1.54, 1.807) is 29.5 Å². The second-order valence-corrected chi connectivity index (χ2v) is 9.47. The number of amides is 1. The third-order valence-electron chi connectivity index (χ3n) is 5.48. The lowest BCUT2D eigenvalue weighted by Crippen LogP contribution is -2.36. The Balaban J connectivity index is 1.30. The lowest BCUT2D eigenvalue weighted by Gasteiger charge is -2.31. The minimum atomic E-state index is -0.533. The highest BCUT2D eigenvalue weighted by Gasteiger charge is 2.32. The van der Waals surface area contributed by atoms with Crippen molar-refractivity contribution in [1.29, 1.82) is 0 Å². The van der Waals surface area contributed by atoms with E-state index in [0.717, 1.165) is 21.8 Å². The highest BCUT2D eigenvalue weighted by molar-refractivity contribution is 7.13. The van der Waals surface area contributed by atoms with Crippen LogP contribution in [0.3, 0.4) is 0 Å². The fourth-order valence-electron chi connectivity index (χ4n) is 3.84. The molecule has 4 aromatic rings. The quantitative estimate of drug-likeness (QED) is 0.384. The van der Waals surface area contributed by atoms with Crippen molar-refractivity contribution in [2.75, 3.05) is 5.32 Å². The standard InChI is InChI=1S/C27H22N2O3S/c1-27(2)15-23(30)21-14-19(10-13-24(21)32-27)25(31)28-20-11-8-17(9-12-20)22-16-33-26(29-22)18-6-4-3-5-7-18/h3-14,16H,15H2,1-2H3,(H,28,31). The first-order chi connectivity index (χ1) is 15.9. The van der Waals surface area contributed by atoms with E-state index in [-0.39, 0.29) is 18.1 Å². The zero-order valence-corrected chi connectivity index (χ0v) is 19.1. The van der Waals surface area contributed by atoms with Gasteiger partial charge in [-0.05, 0) is 44.2 Å². The predicted octanol–water partition coefficient (Wildman–Crippen LogP) is 6.47. The van der Waals surface area contributed by atoms with Crippen molar-refractivity contribution < 1.29 is 14.3 Å². The number of nitrogens with zero attached hydrogens (tertiary/aromatic N) is 1. The average Bonchev–Trinajstić information content (AvgIpc) is 3.29. The SMILES string of the molecule is CC1(C)CC(=O)c2cc(C(=O)Nc3ccc(-c4csc(-c5ccccc5)n4)cc3)ccc2O1. The molecule has 0 bridgehead atoms. The van der Waals surface area contributed by atoms with E-state index < -0.39 is 5.60 Å². The number of rotatable bonds is 4. The third-order valence-corrected chi connectivity index (χ3v) is 6.37. The van der Waals surface area contributed by atoms with Crippen molar-refractivity contribution in [3.05, 3.63) is 89.3 Å². The summed E-state index contributed by atoms with van der Waals surface area (Å²) >= 11 is 1.60. The van der Waals surface area contributed by atoms with Gasteiger partial charge in [-0.1, -0.05) is 42.5 Å². The second-order valence-electron chi connectivity index (χ2n) is 8.61. The fourth-order valence-corrected chi connectivity index (χ4v) is 4.68. The molecule has 1 aliphatic heterocycles. The van der Waals surface area contributed by atoms with E-state index >= 15 is 0 Å². The third kappa shape index (κ3) is 4.43. The van der Waals surface area contributed by atoms with Crippen LogP contribution in [-0.4, -0.2) is 22.3 Å². The van der Waals surface area contributed by atoms with E-state index in [4.69, 9.17) is 9.72 Å². The summed E-state index contributed by atoms with van der Waals surface area (Å²) in [4.78, 5) is 30.0. The molecule has 5 nitrogen and oxygen atoms in total. The summed E-state index contributed by atoms with van der Waals surface area (Å²) in [6.07, 6.45) is 0.287. The molecule has 2 heterocycles. The summed E-state index contributed by atoms with van der Waals surface area (Å²) in [5.74, 6) is 0.233. The van der Waals surface area contributed by atoms with Gasteiger partial charge in [-0.25, -0.2) is 4.98 Å². The number of hydrogen-bond donors (Lipinski definition) is 1. The molecule has 164 valence electrons. The largest absolute Gasteiger partial charge is 0.487 e. The van der Waals surface area contributed by atoms with Crippen molar-refractivity contribution in [2.45, 2.75) is 25.9 Å². The number of aromatic nitrogens is 1. The van der Waals surface area contributed by atoms with Gasteiger partial charge in [-0.3, -0.25) is 9.59 Å². The van der Waals surface area contributed by atoms with Gasteiger partial charge in [0.2, 0.25) is 0 Å². The smallest absolute Gasteiger partial charge is 0.255 e. The molecule has 0 spiro atoms. The van der Waals surface area contributed by atoms with Gasteiger partial charge >= 0.3 is 0 Å². The van der Waals surface area contributed by atoms with Crippen LogP contribution in [0.4, 0.5) is 5.69 Å². The van der Waals surface area contributed by atoms with Crippen molar-refractivity contribution in [3.8, 4) is 27.6 Å². The zero-order chi connectivity index (χ0) is 23.0. The lowest BCUT2D eigenvalue weighted by molar-refractivity contribution is 0.0620. The van der Waals surface area contributed by atoms with E-state index in [1.807, 2.05) is 73.8 Å². The van der Waals surface area contributed by atoms with E-state index in [2.05, 4.69) is 5.32 Å². The number of anilines is 1. The van der Waals surface area contributed by atoms with Crippen LogP contribution >= 0.6 is 11.3 Å². The van der Waals surface area contributed by atoms with Gasteiger partial charge in [0.25, 0.3) is 5.91 Å². The minimum Gasteiger partial charge on any atom is -0.487 e. The van der Waals surface area contributed by atoms with Crippen LogP contribution in [0, 0.1) is 0 Å². The molecule has 0 radical (unpaired) electrons. The van der Waals surface area contributed by atoms with Gasteiger partial charge in [-0.2, -0.15) is 0 Å². The Kier molecular flexibility index (Phi) is 5.30. The molecular weight excluding hydrogens is 432 g/mol. The summed E-state index contributed by atoms with van der Waals surface area (Å²) in [5.41, 5.74) is 3.98. The zero-order valence-electron chi connectivity index (χ0n) is 18.3. The van der Waals surface area contributed by atoms with Gasteiger partial charge < -0.3 is 10.1 Å². The summed E-state index contributed by atoms with van der Waals surface area (Å²) in [6, 6.07) is 22.6. The fraction of sp³-hybridized carbons (Fsp3) is 0.148. The number of thiazole rings is 1. The number of benzene rings is 3. The first-order valence-electron chi connectivity index (χ1n) is 10.7. The van der Waals surface area contributed by atoms with Crippen molar-refractivity contribution in [1.82, 2.24) is 4.98 Å². The molecule has 0 saturated heterocycles. The molecule has 1 aliphatic rings. The van der Waals surface area contributed by atoms with Gasteiger partial charge in [0.1, 0.15) is 16.4 Å². The number of hydrogen-bond acceptors (Lipinski definition) is 5. The first kappa shape index (κ1) is 21.1. The summed E-state index contributed by atoms with van der Waals surface area (Å²) < 4.78 is 5.87. The molecule has 0 atom stereocenters. The van der Waals surface area contributed by atoms with Crippen molar-refractivity contribution in [3.63, 3.8) is 0 Å². The van der Waals surface area contributed by atoms with Gasteiger partial charge in [0, 0.05) is 27.8 Å². The number of fused-ring (bicyclic) bond motifs is 1. The van der Waals surface area contributed by atoms with Crippen LogP contribution in [-0.2, 0) is 0 Å². The Hall–Kier alpha value is -3.77. The molecule has 0 saturated carbocycles. The highest BCUT2D eigenvalue weighted by Crippen LogP contribution is 2.34. The number of carbonyl (C=O) groups is 2. The monoisotopic (exact) mass is 454 g/mol. The lowest BCUT2D eigenvalue weighted by atomic mass is 9.92. The maximum absolute atomic E-state index is 12.8. The van der Waals surface area contributed by atoms with E-state index in [1.165, 1.54) is 0 Å². The molecular formula is C27H22N2O3S. The Morgan fingerprint density at radius 1 is 1.00 bits per heavy atom. The molecule has 6 heteroatoms. The normalized spacial score (nSPS) is 14.3. The summed E-state index contributed by atoms with van der Waals surface area (Å²) in [7, 11) is 0. The number of nitrogens with one attached hydrogen (secondary N) is 1. The van der Waals surface area contributed by atoms with Crippen LogP contribution in [0.15, 0.2) is 78.2 Å². The molecule has 0 fully saturated rings. The second kappa shape index (κ2) is 8.30. The van der Waals surface area contributed by atoms with Crippen molar-refractivity contribution in [2.24, 2.45) is 0 Å². The Labute approximate surface area is 196 Å². The summed E-state index contributed by atoms with van der Waals surface area (Å²) in [5, 5.41) is 5.90.